The fourth-order valence-corrected chi connectivity index (χ4v) is 3.96. The maximum absolute atomic E-state index is 12.6. The Morgan fingerprint density at radius 3 is 2.46 bits per heavy atom. The maximum Gasteiger partial charge on any atom is 0.326 e. The van der Waals surface area contributed by atoms with E-state index in [2.05, 4.69) is 4.90 Å². The normalized spacial score (nSPS) is 24.9. The topological polar surface area (TPSA) is 60.9 Å². The molecule has 2 saturated heterocycles. The zero-order valence-electron chi connectivity index (χ0n) is 14.1. The van der Waals surface area contributed by atoms with Gasteiger partial charge in [-0.1, -0.05) is 30.3 Å². The van der Waals surface area contributed by atoms with Crippen LogP contribution in [-0.2, 0) is 16.0 Å². The molecule has 5 nitrogen and oxygen atoms in total. The predicted molar refractivity (Wildman–Crippen MR) is 91.7 cm³/mol. The van der Waals surface area contributed by atoms with Gasteiger partial charge in [-0.25, -0.2) is 4.79 Å². The molecule has 2 aliphatic rings. The first-order valence-corrected chi connectivity index (χ1v) is 8.95. The first-order chi connectivity index (χ1) is 11.6. The van der Waals surface area contributed by atoms with Gasteiger partial charge in [-0.3, -0.25) is 4.79 Å². The fourth-order valence-electron chi connectivity index (χ4n) is 3.96. The average Bonchev–Trinajstić information content (AvgIpc) is 3.14. The number of hydrogen-bond acceptors (Lipinski definition) is 3. The minimum Gasteiger partial charge on any atom is -0.480 e. The van der Waals surface area contributed by atoms with Gasteiger partial charge < -0.3 is 14.9 Å². The van der Waals surface area contributed by atoms with Gasteiger partial charge in [0.1, 0.15) is 6.04 Å². The molecule has 130 valence electrons. The Hall–Kier alpha value is -1.88. The summed E-state index contributed by atoms with van der Waals surface area (Å²) in [6.45, 7) is 2.70. The number of aryl methyl sites for hydroxylation is 1. The average molecular weight is 330 g/mol. The third kappa shape index (κ3) is 3.96. The molecular weight excluding hydrogens is 304 g/mol. The molecule has 2 aliphatic heterocycles. The molecule has 2 heterocycles. The van der Waals surface area contributed by atoms with Gasteiger partial charge in [0.2, 0.25) is 5.91 Å². The van der Waals surface area contributed by atoms with E-state index < -0.39 is 12.0 Å². The third-order valence-electron chi connectivity index (χ3n) is 5.31. The number of rotatable bonds is 5. The number of carbonyl (C=O) groups is 2. The lowest BCUT2D eigenvalue weighted by atomic mass is 9.95. The summed E-state index contributed by atoms with van der Waals surface area (Å²) < 4.78 is 0. The van der Waals surface area contributed by atoms with Gasteiger partial charge in [0.15, 0.2) is 0 Å². The highest BCUT2D eigenvalue weighted by atomic mass is 16.4. The van der Waals surface area contributed by atoms with Crippen LogP contribution in [0.2, 0.25) is 0 Å². The molecule has 1 aromatic carbocycles. The number of benzene rings is 1. The van der Waals surface area contributed by atoms with Crippen molar-refractivity contribution in [2.75, 3.05) is 19.6 Å². The van der Waals surface area contributed by atoms with Gasteiger partial charge in [-0.2, -0.15) is 0 Å². The van der Waals surface area contributed by atoms with Crippen LogP contribution in [0.4, 0.5) is 0 Å². The van der Waals surface area contributed by atoms with Crippen molar-refractivity contribution in [1.29, 1.82) is 0 Å². The van der Waals surface area contributed by atoms with Crippen LogP contribution in [0.5, 0.6) is 0 Å². The lowest BCUT2D eigenvalue weighted by Gasteiger charge is -2.40. The summed E-state index contributed by atoms with van der Waals surface area (Å²) in [7, 11) is 0. The number of carbonyl (C=O) groups excluding carboxylic acids is 1. The lowest BCUT2D eigenvalue weighted by Crippen LogP contribution is -2.54. The van der Waals surface area contributed by atoms with Crippen LogP contribution in [0.25, 0.3) is 0 Å². The van der Waals surface area contributed by atoms with Gasteiger partial charge in [0.05, 0.1) is 0 Å². The zero-order chi connectivity index (χ0) is 16.9. The number of piperidine rings is 1. The molecule has 2 fully saturated rings. The van der Waals surface area contributed by atoms with Crippen molar-refractivity contribution in [2.24, 2.45) is 0 Å². The van der Waals surface area contributed by atoms with E-state index in [1.54, 1.807) is 4.90 Å². The SMILES string of the molecule is O=C(O)[C@@H]1C[C@H](N2CCCC2)CCN1C(=O)CCc1ccccc1. The van der Waals surface area contributed by atoms with Crippen molar-refractivity contribution in [1.82, 2.24) is 9.80 Å². The van der Waals surface area contributed by atoms with Crippen molar-refractivity contribution in [2.45, 2.75) is 50.6 Å². The Bertz CT molecular complexity index is 569. The highest BCUT2D eigenvalue weighted by molar-refractivity contribution is 5.84. The van der Waals surface area contributed by atoms with E-state index in [-0.39, 0.29) is 5.91 Å². The van der Waals surface area contributed by atoms with Crippen molar-refractivity contribution in [3.05, 3.63) is 35.9 Å². The van der Waals surface area contributed by atoms with Crippen LogP contribution in [-0.4, -0.2) is 58.5 Å². The van der Waals surface area contributed by atoms with E-state index in [0.29, 0.717) is 31.8 Å². The first-order valence-electron chi connectivity index (χ1n) is 8.95. The highest BCUT2D eigenvalue weighted by Crippen LogP contribution is 2.26. The van der Waals surface area contributed by atoms with Crippen LogP contribution >= 0.6 is 0 Å². The summed E-state index contributed by atoms with van der Waals surface area (Å²) in [6.07, 6.45) is 4.90. The first kappa shape index (κ1) is 17.0. The molecule has 0 spiro atoms. The zero-order valence-corrected chi connectivity index (χ0v) is 14.1. The number of carboxylic acids is 1. The summed E-state index contributed by atoms with van der Waals surface area (Å²) in [5.74, 6) is -0.905. The molecule has 5 heteroatoms. The van der Waals surface area contributed by atoms with E-state index in [4.69, 9.17) is 0 Å². The summed E-state index contributed by atoms with van der Waals surface area (Å²) >= 11 is 0. The number of likely N-dealkylation sites (tertiary alicyclic amines) is 2. The molecule has 2 atom stereocenters. The van der Waals surface area contributed by atoms with Crippen molar-refractivity contribution in [3.63, 3.8) is 0 Å². The summed E-state index contributed by atoms with van der Waals surface area (Å²) in [4.78, 5) is 28.3. The monoisotopic (exact) mass is 330 g/mol. The van der Waals surface area contributed by atoms with Crippen molar-refractivity contribution >= 4 is 11.9 Å². The Kier molecular flexibility index (Phi) is 5.51. The molecule has 0 aromatic heterocycles. The summed E-state index contributed by atoms with van der Waals surface area (Å²) in [5.41, 5.74) is 1.12. The van der Waals surface area contributed by atoms with Crippen LogP contribution in [0, 0.1) is 0 Å². The Labute approximate surface area is 143 Å². The molecule has 0 bridgehead atoms. The second kappa shape index (κ2) is 7.79. The number of aliphatic carboxylic acids is 1. The second-order valence-corrected chi connectivity index (χ2v) is 6.85. The molecule has 3 rings (SSSR count). The summed E-state index contributed by atoms with van der Waals surface area (Å²) in [6, 6.07) is 9.51. The summed E-state index contributed by atoms with van der Waals surface area (Å²) in [5, 5.41) is 9.59. The molecule has 0 aliphatic carbocycles. The van der Waals surface area contributed by atoms with Gasteiger partial charge in [0.25, 0.3) is 0 Å². The maximum atomic E-state index is 12.6. The van der Waals surface area contributed by atoms with Gasteiger partial charge >= 0.3 is 5.97 Å². The molecule has 0 saturated carbocycles. The van der Waals surface area contributed by atoms with Crippen molar-refractivity contribution < 1.29 is 14.7 Å². The fraction of sp³-hybridized carbons (Fsp3) is 0.579. The van der Waals surface area contributed by atoms with E-state index in [1.165, 1.54) is 12.8 Å². The highest BCUT2D eigenvalue weighted by Gasteiger charge is 2.38. The van der Waals surface area contributed by atoms with Gasteiger partial charge in [-0.05, 0) is 50.8 Å². The number of nitrogens with zero attached hydrogens (tertiary/aromatic N) is 2. The standard InChI is InChI=1S/C19H26N2O3/c22-18(9-8-15-6-2-1-3-7-15)21-13-10-16(14-17(21)19(23)24)20-11-4-5-12-20/h1-3,6-7,16-17H,4-5,8-14H2,(H,23,24)/t16-,17+/m1/s1. The second-order valence-electron chi connectivity index (χ2n) is 6.85. The van der Waals surface area contributed by atoms with Crippen molar-refractivity contribution in [3.8, 4) is 0 Å². The number of amides is 1. The molecular formula is C19H26N2O3. The van der Waals surface area contributed by atoms with E-state index >= 15 is 0 Å². The number of carboxylic acid groups (broad SMARTS) is 1. The minimum absolute atomic E-state index is 0.0360. The number of hydrogen-bond donors (Lipinski definition) is 1. The molecule has 0 radical (unpaired) electrons. The van der Waals surface area contributed by atoms with E-state index in [1.807, 2.05) is 30.3 Å². The van der Waals surface area contributed by atoms with Crippen LogP contribution < -0.4 is 0 Å². The Balaban J connectivity index is 1.59. The minimum atomic E-state index is -0.869. The third-order valence-corrected chi connectivity index (χ3v) is 5.31. The smallest absolute Gasteiger partial charge is 0.326 e. The van der Waals surface area contributed by atoms with E-state index in [0.717, 1.165) is 25.1 Å². The molecule has 0 unspecified atom stereocenters. The molecule has 1 amide bonds. The predicted octanol–water partition coefficient (Wildman–Crippen LogP) is 2.16. The Morgan fingerprint density at radius 1 is 1.08 bits per heavy atom. The van der Waals surface area contributed by atoms with Gasteiger partial charge in [-0.15, -0.1) is 0 Å². The lowest BCUT2D eigenvalue weighted by molar-refractivity contribution is -0.153. The van der Waals surface area contributed by atoms with Crippen LogP contribution in [0.1, 0.15) is 37.7 Å². The van der Waals surface area contributed by atoms with Gasteiger partial charge in [0, 0.05) is 19.0 Å². The molecule has 1 aromatic rings. The van der Waals surface area contributed by atoms with E-state index in [9.17, 15) is 14.7 Å². The molecule has 1 N–H and O–H groups in total. The van der Waals surface area contributed by atoms with Crippen LogP contribution in [0.3, 0.4) is 0 Å². The van der Waals surface area contributed by atoms with Crippen LogP contribution in [0.15, 0.2) is 30.3 Å². The molecule has 24 heavy (non-hydrogen) atoms. The Morgan fingerprint density at radius 2 is 1.79 bits per heavy atom. The quantitative estimate of drug-likeness (QED) is 0.899. The largest absolute Gasteiger partial charge is 0.480 e.